The predicted octanol–water partition coefficient (Wildman–Crippen LogP) is 2.43. The molecule has 15 heavy (non-hydrogen) atoms. The van der Waals surface area contributed by atoms with Gasteiger partial charge in [0.05, 0.1) is 0 Å². The van der Waals surface area contributed by atoms with Crippen molar-refractivity contribution in [2.24, 2.45) is 0 Å². The third-order valence-electron chi connectivity index (χ3n) is 3.13. The van der Waals surface area contributed by atoms with Gasteiger partial charge >= 0.3 is 0 Å². The van der Waals surface area contributed by atoms with E-state index in [0.717, 1.165) is 23.5 Å². The Morgan fingerprint density at radius 3 is 2.40 bits per heavy atom. The van der Waals surface area contributed by atoms with Crippen molar-refractivity contribution in [1.29, 1.82) is 0 Å². The van der Waals surface area contributed by atoms with Crippen LogP contribution in [0.1, 0.15) is 38.7 Å². The van der Waals surface area contributed by atoms with Gasteiger partial charge in [0.25, 0.3) is 0 Å². The lowest BCUT2D eigenvalue weighted by Crippen LogP contribution is -2.23. The highest BCUT2D eigenvalue weighted by Crippen LogP contribution is 2.32. The van der Waals surface area contributed by atoms with Gasteiger partial charge in [-0.2, -0.15) is 0 Å². The Bertz CT molecular complexity index is 273. The van der Waals surface area contributed by atoms with Gasteiger partial charge in [0, 0.05) is 6.61 Å². The average Bonchev–Trinajstić information content (AvgIpc) is 2.28. The summed E-state index contributed by atoms with van der Waals surface area (Å²) in [5.41, 5.74) is 1.74. The number of hydrogen-bond donors (Lipinski definition) is 0. The lowest BCUT2D eigenvalue weighted by Gasteiger charge is -2.30. The molecule has 0 aliphatic heterocycles. The van der Waals surface area contributed by atoms with Crippen molar-refractivity contribution in [1.82, 2.24) is 0 Å². The first-order valence-corrected chi connectivity index (χ1v) is 6.59. The lowest BCUT2D eigenvalue weighted by molar-refractivity contribution is 0.273. The molecule has 0 saturated carbocycles. The van der Waals surface area contributed by atoms with Crippen molar-refractivity contribution in [3.63, 3.8) is 0 Å². The van der Waals surface area contributed by atoms with Crippen LogP contribution in [0.2, 0.25) is 0 Å². The van der Waals surface area contributed by atoms with E-state index in [1.165, 1.54) is 18.4 Å². The molecule has 1 unspecified atom stereocenters. The van der Waals surface area contributed by atoms with E-state index < -0.39 is 0 Å². The second-order valence-electron chi connectivity index (χ2n) is 4.42. The molecule has 0 radical (unpaired) electrons. The van der Waals surface area contributed by atoms with Crippen molar-refractivity contribution in [3.8, 4) is 0 Å². The third-order valence-corrected chi connectivity index (χ3v) is 3.54. The fourth-order valence-electron chi connectivity index (χ4n) is 2.13. The fourth-order valence-corrected chi connectivity index (χ4v) is 2.34. The quantitative estimate of drug-likeness (QED) is 0.672. The van der Waals surface area contributed by atoms with Gasteiger partial charge in [0.1, 0.15) is 10.5 Å². The van der Waals surface area contributed by atoms with E-state index in [0.29, 0.717) is 5.41 Å². The third kappa shape index (κ3) is 3.47. The first-order chi connectivity index (χ1) is 7.23. The van der Waals surface area contributed by atoms with Crippen molar-refractivity contribution in [2.45, 2.75) is 38.5 Å². The highest BCUT2D eigenvalue weighted by Gasteiger charge is 2.24. The van der Waals surface area contributed by atoms with Crippen molar-refractivity contribution in [2.75, 3.05) is 6.61 Å². The molecule has 84 valence electrons. The zero-order chi connectivity index (χ0) is 11.1. The Labute approximate surface area is 96.4 Å². The maximum atomic E-state index is 5.34. The molecule has 1 aromatic rings. The summed E-state index contributed by atoms with van der Waals surface area (Å²) in [4.78, 5) is 0. The Balaban J connectivity index is 2.80. The maximum absolute atomic E-state index is 5.34. The molecule has 0 bridgehead atoms. The van der Waals surface area contributed by atoms with Gasteiger partial charge in [-0.3, -0.25) is 0 Å². The summed E-state index contributed by atoms with van der Waals surface area (Å²) in [6, 6.07) is 10.8. The molecule has 0 fully saturated rings. The summed E-state index contributed by atoms with van der Waals surface area (Å²) in [7, 11) is 0.849. The summed E-state index contributed by atoms with van der Waals surface area (Å²) in [6.45, 7) is 5.51. The topological polar surface area (TPSA) is 9.23 Å². The van der Waals surface area contributed by atoms with E-state index in [-0.39, 0.29) is 0 Å². The Morgan fingerprint density at radius 1 is 1.20 bits per heavy atom. The molecule has 1 rings (SSSR count). The molecule has 0 spiro atoms. The lowest BCUT2D eigenvalue weighted by atomic mass is 9.76. The van der Waals surface area contributed by atoms with Gasteiger partial charge in [-0.05, 0) is 23.8 Å². The minimum atomic E-state index is 0.292. The van der Waals surface area contributed by atoms with E-state index in [2.05, 4.69) is 44.2 Å². The highest BCUT2D eigenvalue weighted by molar-refractivity contribution is 5.97. The fraction of sp³-hybridized carbons (Fsp3) is 0.538. The van der Waals surface area contributed by atoms with E-state index in [9.17, 15) is 0 Å². The van der Waals surface area contributed by atoms with E-state index in [1.54, 1.807) is 0 Å². The molecule has 1 aromatic carbocycles. The molecule has 1 nitrogen and oxygen atoms in total. The molecule has 2 heteroatoms. The Morgan fingerprint density at radius 2 is 1.87 bits per heavy atom. The van der Waals surface area contributed by atoms with Gasteiger partial charge in [0.15, 0.2) is 0 Å². The van der Waals surface area contributed by atoms with Crippen LogP contribution >= 0.6 is 0 Å². The summed E-state index contributed by atoms with van der Waals surface area (Å²) >= 11 is 0. The van der Waals surface area contributed by atoms with E-state index >= 15 is 0 Å². The molecule has 0 aliphatic carbocycles. The minimum absolute atomic E-state index is 0.292. The van der Waals surface area contributed by atoms with Crippen LogP contribution < -0.4 is 0 Å². The first kappa shape index (κ1) is 12.5. The molecule has 0 heterocycles. The zero-order valence-electron chi connectivity index (χ0n) is 10.1. The van der Waals surface area contributed by atoms with E-state index in [4.69, 9.17) is 4.43 Å². The molecule has 1 atom stereocenters. The predicted molar refractivity (Wildman–Crippen MR) is 69.2 cm³/mol. The monoisotopic (exact) mass is 222 g/mol. The second kappa shape index (κ2) is 6.08. The maximum Gasteiger partial charge on any atom is 0.145 e. The number of hydrogen-bond acceptors (Lipinski definition) is 1. The van der Waals surface area contributed by atoms with Crippen LogP contribution in [0.4, 0.5) is 0 Å². The van der Waals surface area contributed by atoms with Gasteiger partial charge < -0.3 is 4.43 Å². The van der Waals surface area contributed by atoms with Gasteiger partial charge in [-0.15, -0.1) is 0 Å². The van der Waals surface area contributed by atoms with Gasteiger partial charge in [0.2, 0.25) is 0 Å². The standard InChI is InChI=1S/C13H22OSi/c1-3-9-13(2,10-11-14-15)12-7-5-4-6-8-12/h4-8H,3,9-11H2,1-2,15H3. The Kier molecular flexibility index (Phi) is 5.06. The Hall–Kier alpha value is -0.603. The summed E-state index contributed by atoms with van der Waals surface area (Å²) in [6.07, 6.45) is 3.60. The zero-order valence-corrected chi connectivity index (χ0v) is 12.1. The normalized spacial score (nSPS) is 15.1. The highest BCUT2D eigenvalue weighted by atomic mass is 28.2. The van der Waals surface area contributed by atoms with Crippen molar-refractivity contribution < 1.29 is 4.43 Å². The first-order valence-electron chi connectivity index (χ1n) is 5.77. The van der Waals surface area contributed by atoms with E-state index in [1.807, 2.05) is 0 Å². The van der Waals surface area contributed by atoms with Crippen molar-refractivity contribution in [3.05, 3.63) is 35.9 Å². The summed E-state index contributed by atoms with van der Waals surface area (Å²) in [5, 5.41) is 0. The molecular formula is C13H22OSi. The number of benzene rings is 1. The average molecular weight is 222 g/mol. The second-order valence-corrected chi connectivity index (χ2v) is 5.00. The molecule has 0 aromatic heterocycles. The van der Waals surface area contributed by atoms with Gasteiger partial charge in [-0.1, -0.05) is 50.6 Å². The minimum Gasteiger partial charge on any atom is -0.428 e. The molecule has 0 amide bonds. The van der Waals surface area contributed by atoms with Gasteiger partial charge in [-0.25, -0.2) is 0 Å². The van der Waals surface area contributed by atoms with Crippen LogP contribution in [0.5, 0.6) is 0 Å². The molecule has 0 aliphatic rings. The summed E-state index contributed by atoms with van der Waals surface area (Å²) in [5.74, 6) is 0. The van der Waals surface area contributed by atoms with Crippen LogP contribution in [0, 0.1) is 0 Å². The largest absolute Gasteiger partial charge is 0.428 e. The number of rotatable bonds is 6. The summed E-state index contributed by atoms with van der Waals surface area (Å²) < 4.78 is 5.34. The molecule has 0 N–H and O–H groups in total. The molecule has 0 saturated heterocycles. The smallest absolute Gasteiger partial charge is 0.145 e. The van der Waals surface area contributed by atoms with Crippen LogP contribution in [-0.4, -0.2) is 17.1 Å². The van der Waals surface area contributed by atoms with Crippen LogP contribution in [-0.2, 0) is 9.84 Å². The van der Waals surface area contributed by atoms with Crippen LogP contribution in [0.15, 0.2) is 30.3 Å². The van der Waals surface area contributed by atoms with Crippen LogP contribution in [0.25, 0.3) is 0 Å². The molecular weight excluding hydrogens is 200 g/mol. The SMILES string of the molecule is CCCC(C)(CCO[SiH3])c1ccccc1. The van der Waals surface area contributed by atoms with Crippen molar-refractivity contribution >= 4 is 10.5 Å². The van der Waals surface area contributed by atoms with Crippen LogP contribution in [0.3, 0.4) is 0 Å².